The van der Waals surface area contributed by atoms with Crippen LogP contribution in [0.2, 0.25) is 0 Å². The molecule has 2 rings (SSSR count). The third-order valence-corrected chi connectivity index (χ3v) is 3.10. The topological polar surface area (TPSA) is 69.2 Å². The minimum Gasteiger partial charge on any atom is -0.395 e. The summed E-state index contributed by atoms with van der Waals surface area (Å²) in [5.74, 6) is -0.0570. The minimum absolute atomic E-state index is 0.0103. The number of aliphatic hydroxyl groups is 1. The van der Waals surface area contributed by atoms with Gasteiger partial charge in [0.15, 0.2) is 0 Å². The Morgan fingerprint density at radius 3 is 2.88 bits per heavy atom. The van der Waals surface area contributed by atoms with Crippen LogP contribution in [-0.2, 0) is 0 Å². The van der Waals surface area contributed by atoms with Gasteiger partial charge in [0.25, 0.3) is 5.91 Å². The van der Waals surface area contributed by atoms with E-state index in [-0.39, 0.29) is 18.6 Å². The maximum atomic E-state index is 12.1. The molecule has 0 spiro atoms. The lowest BCUT2D eigenvalue weighted by Crippen LogP contribution is -2.40. The number of carbonyl (C=O) groups is 1. The largest absolute Gasteiger partial charge is 0.395 e. The number of aromatic nitrogens is 2. The Hall–Kier alpha value is -1.36. The van der Waals surface area contributed by atoms with Crippen molar-refractivity contribution in [3.63, 3.8) is 0 Å². The van der Waals surface area contributed by atoms with Crippen molar-refractivity contribution >= 4 is 5.91 Å². The highest BCUT2D eigenvalue weighted by Crippen LogP contribution is 2.24. The first-order valence-electron chi connectivity index (χ1n) is 5.73. The van der Waals surface area contributed by atoms with Gasteiger partial charge in [-0.05, 0) is 12.8 Å². The van der Waals surface area contributed by atoms with Crippen LogP contribution in [0.4, 0.5) is 0 Å². The van der Waals surface area contributed by atoms with Crippen LogP contribution in [0.5, 0.6) is 0 Å². The molecule has 5 nitrogen and oxygen atoms in total. The Labute approximate surface area is 94.5 Å². The molecule has 0 aliphatic heterocycles. The molecule has 1 heterocycles. The van der Waals surface area contributed by atoms with E-state index < -0.39 is 0 Å². The number of rotatable bonds is 4. The van der Waals surface area contributed by atoms with Crippen LogP contribution in [0.3, 0.4) is 0 Å². The summed E-state index contributed by atoms with van der Waals surface area (Å²) in [6, 6.07) is 0.281. The SMILES string of the molecule is O=C(c1cnc[nH]1)N(CCO)C1CCCC1. The molecule has 0 saturated heterocycles. The molecule has 0 atom stereocenters. The van der Waals surface area contributed by atoms with Crippen LogP contribution in [0.1, 0.15) is 36.2 Å². The molecule has 1 amide bonds. The Kier molecular flexibility index (Phi) is 3.56. The first-order valence-corrected chi connectivity index (χ1v) is 5.73. The second-order valence-electron chi connectivity index (χ2n) is 4.13. The molecule has 1 aliphatic carbocycles. The van der Waals surface area contributed by atoms with Gasteiger partial charge < -0.3 is 15.0 Å². The van der Waals surface area contributed by atoms with Crippen molar-refractivity contribution in [1.29, 1.82) is 0 Å². The highest BCUT2D eigenvalue weighted by atomic mass is 16.3. The van der Waals surface area contributed by atoms with Crippen LogP contribution in [-0.4, -0.2) is 45.1 Å². The van der Waals surface area contributed by atoms with Crippen molar-refractivity contribution in [3.05, 3.63) is 18.2 Å². The standard InChI is InChI=1S/C11H17N3O2/c15-6-5-14(9-3-1-2-4-9)11(16)10-7-12-8-13-10/h7-9,15H,1-6H2,(H,12,13). The van der Waals surface area contributed by atoms with E-state index in [1.54, 1.807) is 4.90 Å². The smallest absolute Gasteiger partial charge is 0.272 e. The number of H-pyrrole nitrogens is 1. The van der Waals surface area contributed by atoms with Crippen LogP contribution in [0, 0.1) is 0 Å². The third-order valence-electron chi connectivity index (χ3n) is 3.10. The van der Waals surface area contributed by atoms with Crippen LogP contribution >= 0.6 is 0 Å². The lowest BCUT2D eigenvalue weighted by Gasteiger charge is -2.27. The highest BCUT2D eigenvalue weighted by molar-refractivity contribution is 5.92. The number of nitrogens with one attached hydrogen (secondary N) is 1. The summed E-state index contributed by atoms with van der Waals surface area (Å²) in [5.41, 5.74) is 0.500. The predicted octanol–water partition coefficient (Wildman–Crippen LogP) is 0.787. The van der Waals surface area contributed by atoms with Gasteiger partial charge >= 0.3 is 0 Å². The summed E-state index contributed by atoms with van der Waals surface area (Å²) in [6.07, 6.45) is 7.45. The molecule has 0 unspecified atom stereocenters. The number of carbonyl (C=O) groups excluding carboxylic acids is 1. The Morgan fingerprint density at radius 1 is 1.56 bits per heavy atom. The summed E-state index contributed by atoms with van der Waals surface area (Å²) in [5, 5.41) is 9.02. The molecule has 5 heteroatoms. The number of nitrogens with zero attached hydrogens (tertiary/aromatic N) is 2. The third kappa shape index (κ3) is 2.24. The fourth-order valence-corrected chi connectivity index (χ4v) is 2.30. The van der Waals surface area contributed by atoms with Crippen LogP contribution in [0.25, 0.3) is 0 Å². The normalized spacial score (nSPS) is 16.6. The van der Waals surface area contributed by atoms with Gasteiger partial charge in [0, 0.05) is 12.6 Å². The molecule has 0 aromatic carbocycles. The maximum absolute atomic E-state index is 12.1. The predicted molar refractivity (Wildman–Crippen MR) is 59.0 cm³/mol. The van der Waals surface area contributed by atoms with Crippen LogP contribution in [0.15, 0.2) is 12.5 Å². The van der Waals surface area contributed by atoms with E-state index in [2.05, 4.69) is 9.97 Å². The van der Waals surface area contributed by atoms with E-state index in [1.807, 2.05) is 0 Å². The fraction of sp³-hybridized carbons (Fsp3) is 0.636. The molecule has 0 bridgehead atoms. The van der Waals surface area contributed by atoms with Gasteiger partial charge in [0.05, 0.1) is 19.1 Å². The summed E-state index contributed by atoms with van der Waals surface area (Å²) in [4.78, 5) is 20.6. The number of hydrogen-bond donors (Lipinski definition) is 2. The number of aromatic amines is 1. The fourth-order valence-electron chi connectivity index (χ4n) is 2.30. The molecule has 1 aromatic rings. The summed E-state index contributed by atoms with van der Waals surface area (Å²) in [7, 11) is 0. The number of hydrogen-bond acceptors (Lipinski definition) is 3. The molecule has 2 N–H and O–H groups in total. The van der Waals surface area contributed by atoms with Crippen molar-refractivity contribution in [1.82, 2.24) is 14.9 Å². The van der Waals surface area contributed by atoms with E-state index in [1.165, 1.54) is 25.4 Å². The molecule has 0 radical (unpaired) electrons. The van der Waals surface area contributed by atoms with Crippen molar-refractivity contribution < 1.29 is 9.90 Å². The summed E-state index contributed by atoms with van der Waals surface area (Å²) >= 11 is 0. The average molecular weight is 223 g/mol. The minimum atomic E-state index is -0.0570. The van der Waals surface area contributed by atoms with E-state index in [0.29, 0.717) is 12.2 Å². The van der Waals surface area contributed by atoms with Crippen molar-refractivity contribution in [3.8, 4) is 0 Å². The molecule has 1 aromatic heterocycles. The second-order valence-corrected chi connectivity index (χ2v) is 4.13. The van der Waals surface area contributed by atoms with Crippen molar-refractivity contribution in [2.75, 3.05) is 13.2 Å². The zero-order valence-corrected chi connectivity index (χ0v) is 9.22. The number of aliphatic hydroxyl groups excluding tert-OH is 1. The van der Waals surface area contributed by atoms with Gasteiger partial charge in [-0.2, -0.15) is 0 Å². The highest BCUT2D eigenvalue weighted by Gasteiger charge is 2.27. The summed E-state index contributed by atoms with van der Waals surface area (Å²) < 4.78 is 0. The van der Waals surface area contributed by atoms with E-state index in [0.717, 1.165) is 12.8 Å². The van der Waals surface area contributed by atoms with Crippen LogP contribution < -0.4 is 0 Å². The van der Waals surface area contributed by atoms with Gasteiger partial charge in [-0.3, -0.25) is 4.79 Å². The van der Waals surface area contributed by atoms with Gasteiger partial charge in [-0.1, -0.05) is 12.8 Å². The van der Waals surface area contributed by atoms with Crippen molar-refractivity contribution in [2.24, 2.45) is 0 Å². The van der Waals surface area contributed by atoms with Gasteiger partial charge in [0.1, 0.15) is 5.69 Å². The Balaban J connectivity index is 2.09. The molecular weight excluding hydrogens is 206 g/mol. The lowest BCUT2D eigenvalue weighted by molar-refractivity contribution is 0.0632. The first kappa shape index (κ1) is 11.1. The quantitative estimate of drug-likeness (QED) is 0.792. The van der Waals surface area contributed by atoms with E-state index in [9.17, 15) is 4.79 Å². The van der Waals surface area contributed by atoms with E-state index >= 15 is 0 Å². The average Bonchev–Trinajstić information content (AvgIpc) is 2.96. The zero-order chi connectivity index (χ0) is 11.4. The van der Waals surface area contributed by atoms with E-state index in [4.69, 9.17) is 5.11 Å². The summed E-state index contributed by atoms with van der Waals surface area (Å²) in [6.45, 7) is 0.416. The molecule has 16 heavy (non-hydrogen) atoms. The monoisotopic (exact) mass is 223 g/mol. The number of amides is 1. The van der Waals surface area contributed by atoms with Gasteiger partial charge in [-0.25, -0.2) is 4.98 Å². The number of imidazole rings is 1. The molecule has 1 saturated carbocycles. The van der Waals surface area contributed by atoms with Gasteiger partial charge in [-0.15, -0.1) is 0 Å². The Bertz CT molecular complexity index is 331. The second kappa shape index (κ2) is 5.12. The molecule has 1 aliphatic rings. The maximum Gasteiger partial charge on any atom is 0.272 e. The van der Waals surface area contributed by atoms with Crippen molar-refractivity contribution in [2.45, 2.75) is 31.7 Å². The molecular formula is C11H17N3O2. The molecule has 1 fully saturated rings. The molecule has 88 valence electrons. The first-order chi connectivity index (χ1) is 7.83. The van der Waals surface area contributed by atoms with Gasteiger partial charge in [0.2, 0.25) is 0 Å². The zero-order valence-electron chi connectivity index (χ0n) is 9.22. The lowest BCUT2D eigenvalue weighted by atomic mass is 10.2. The Morgan fingerprint density at radius 2 is 2.31 bits per heavy atom.